The number of aromatic nitrogens is 2. The lowest BCUT2D eigenvalue weighted by Crippen LogP contribution is -2.51. The number of para-hydroxylation sites is 1. The number of rotatable bonds is 5. The van der Waals surface area contributed by atoms with Crippen LogP contribution in [0.2, 0.25) is 5.02 Å². The summed E-state index contributed by atoms with van der Waals surface area (Å²) in [6, 6.07) is 16.5. The second kappa shape index (κ2) is 10.3. The number of nitrogens with zero attached hydrogens (tertiary/aromatic N) is 5. The van der Waals surface area contributed by atoms with Crippen LogP contribution in [0.3, 0.4) is 0 Å². The average molecular weight is 496 g/mol. The second-order valence-electron chi connectivity index (χ2n) is 9.18. The summed E-state index contributed by atoms with van der Waals surface area (Å²) < 4.78 is 4.57. The van der Waals surface area contributed by atoms with Gasteiger partial charge in [0.05, 0.1) is 10.7 Å². The maximum Gasteiger partial charge on any atom is 0.225 e. The van der Waals surface area contributed by atoms with Crippen LogP contribution >= 0.6 is 23.1 Å². The smallest absolute Gasteiger partial charge is 0.225 e. The lowest BCUT2D eigenvalue weighted by molar-refractivity contribution is -0.136. The van der Waals surface area contributed by atoms with E-state index in [0.29, 0.717) is 5.91 Å². The molecule has 0 spiro atoms. The molecule has 0 saturated carbocycles. The predicted octanol–water partition coefficient (Wildman–Crippen LogP) is 4.66. The number of piperidine rings is 1. The van der Waals surface area contributed by atoms with E-state index in [0.717, 1.165) is 80.2 Å². The molecule has 2 fully saturated rings. The molecule has 0 unspecified atom stereocenters. The maximum absolute atomic E-state index is 13.2. The minimum Gasteiger partial charge on any atom is -0.367 e. The molecule has 2 aliphatic heterocycles. The van der Waals surface area contributed by atoms with Gasteiger partial charge in [-0.05, 0) is 37.5 Å². The van der Waals surface area contributed by atoms with Crippen molar-refractivity contribution in [3.8, 4) is 0 Å². The molecule has 0 bridgehead atoms. The molecule has 2 aliphatic rings. The Morgan fingerprint density at radius 2 is 1.68 bits per heavy atom. The van der Waals surface area contributed by atoms with Crippen LogP contribution < -0.4 is 9.80 Å². The zero-order valence-corrected chi connectivity index (χ0v) is 21.1. The predicted molar refractivity (Wildman–Crippen MR) is 139 cm³/mol. The van der Waals surface area contributed by atoms with Gasteiger partial charge >= 0.3 is 0 Å². The van der Waals surface area contributed by atoms with Crippen LogP contribution in [-0.4, -0.2) is 59.4 Å². The largest absolute Gasteiger partial charge is 0.367 e. The van der Waals surface area contributed by atoms with Crippen LogP contribution in [0.15, 0.2) is 48.5 Å². The number of anilines is 2. The van der Waals surface area contributed by atoms with Crippen molar-refractivity contribution in [1.82, 2.24) is 14.3 Å². The fourth-order valence-corrected chi connectivity index (χ4v) is 5.78. The summed E-state index contributed by atoms with van der Waals surface area (Å²) in [6.07, 6.45) is 2.50. The zero-order valence-electron chi connectivity index (χ0n) is 19.5. The highest BCUT2D eigenvalue weighted by atomic mass is 35.5. The third-order valence-corrected chi connectivity index (χ3v) is 7.97. The molecular weight excluding hydrogens is 466 g/mol. The summed E-state index contributed by atoms with van der Waals surface area (Å²) in [7, 11) is 0. The van der Waals surface area contributed by atoms with Gasteiger partial charge in [-0.25, -0.2) is 4.98 Å². The van der Waals surface area contributed by atoms with Gasteiger partial charge in [0.15, 0.2) is 0 Å². The first-order chi connectivity index (χ1) is 16.6. The Balaban J connectivity index is 1.11. The van der Waals surface area contributed by atoms with Crippen molar-refractivity contribution < 1.29 is 4.79 Å². The molecule has 2 saturated heterocycles. The molecule has 1 amide bonds. The molecule has 2 aromatic carbocycles. The fourth-order valence-electron chi connectivity index (χ4n) is 4.79. The number of hydrogen-bond acceptors (Lipinski definition) is 6. The number of carbonyl (C=O) groups excluding carboxylic acids is 1. The van der Waals surface area contributed by atoms with E-state index >= 15 is 0 Å². The molecule has 3 heterocycles. The van der Waals surface area contributed by atoms with Crippen LogP contribution in [0.4, 0.5) is 10.8 Å². The first-order valence-corrected chi connectivity index (χ1v) is 13.1. The Labute approximate surface area is 210 Å². The van der Waals surface area contributed by atoms with Crippen LogP contribution in [0, 0.1) is 12.8 Å². The van der Waals surface area contributed by atoms with Gasteiger partial charge in [-0.15, -0.1) is 0 Å². The molecule has 178 valence electrons. The Morgan fingerprint density at radius 1 is 0.971 bits per heavy atom. The van der Waals surface area contributed by atoms with Crippen molar-refractivity contribution in [3.05, 3.63) is 70.5 Å². The monoisotopic (exact) mass is 495 g/mol. The third-order valence-electron chi connectivity index (χ3n) is 6.84. The fraction of sp³-hybridized carbons (Fsp3) is 0.423. The number of benzene rings is 2. The van der Waals surface area contributed by atoms with E-state index in [4.69, 9.17) is 16.6 Å². The van der Waals surface area contributed by atoms with Gasteiger partial charge in [-0.1, -0.05) is 53.6 Å². The van der Waals surface area contributed by atoms with E-state index in [1.807, 2.05) is 23.1 Å². The second-order valence-corrected chi connectivity index (χ2v) is 10.3. The number of amides is 1. The quantitative estimate of drug-likeness (QED) is 0.515. The summed E-state index contributed by atoms with van der Waals surface area (Å²) in [5, 5.41) is 1.75. The highest BCUT2D eigenvalue weighted by molar-refractivity contribution is 7.09. The lowest BCUT2D eigenvalue weighted by atomic mass is 9.95. The van der Waals surface area contributed by atoms with Crippen LogP contribution in [-0.2, 0) is 11.2 Å². The zero-order chi connectivity index (χ0) is 23.5. The van der Waals surface area contributed by atoms with Gasteiger partial charge in [0.1, 0.15) is 5.82 Å². The molecule has 0 N–H and O–H groups in total. The van der Waals surface area contributed by atoms with Gasteiger partial charge in [-0.2, -0.15) is 4.37 Å². The van der Waals surface area contributed by atoms with Crippen molar-refractivity contribution >= 4 is 39.9 Å². The summed E-state index contributed by atoms with van der Waals surface area (Å²) in [5.41, 5.74) is 3.55. The van der Waals surface area contributed by atoms with Crippen molar-refractivity contribution in [2.45, 2.75) is 26.2 Å². The molecule has 0 aliphatic carbocycles. The molecule has 5 rings (SSSR count). The summed E-state index contributed by atoms with van der Waals surface area (Å²) >= 11 is 7.82. The first-order valence-electron chi connectivity index (χ1n) is 12.0. The van der Waals surface area contributed by atoms with E-state index in [9.17, 15) is 4.79 Å². The average Bonchev–Trinajstić information content (AvgIpc) is 3.34. The lowest BCUT2D eigenvalue weighted by Gasteiger charge is -2.39. The van der Waals surface area contributed by atoms with Crippen LogP contribution in [0.25, 0.3) is 0 Å². The molecule has 8 heteroatoms. The van der Waals surface area contributed by atoms with Crippen molar-refractivity contribution in [2.75, 3.05) is 49.1 Å². The molecule has 34 heavy (non-hydrogen) atoms. The normalized spacial score (nSPS) is 17.3. The summed E-state index contributed by atoms with van der Waals surface area (Å²) in [6.45, 7) is 6.96. The Hall–Kier alpha value is -2.64. The summed E-state index contributed by atoms with van der Waals surface area (Å²) in [4.78, 5) is 24.6. The van der Waals surface area contributed by atoms with Gasteiger partial charge < -0.3 is 14.7 Å². The summed E-state index contributed by atoms with van der Waals surface area (Å²) in [5.74, 6) is 1.28. The van der Waals surface area contributed by atoms with E-state index in [1.165, 1.54) is 22.7 Å². The third kappa shape index (κ3) is 5.20. The Kier molecular flexibility index (Phi) is 7.02. The van der Waals surface area contributed by atoms with E-state index in [1.54, 1.807) is 0 Å². The molecule has 0 atom stereocenters. The highest BCUT2D eigenvalue weighted by Gasteiger charge is 2.31. The Morgan fingerprint density at radius 3 is 2.38 bits per heavy atom. The van der Waals surface area contributed by atoms with E-state index < -0.39 is 0 Å². The molecule has 3 aromatic rings. The topological polar surface area (TPSA) is 52.6 Å². The van der Waals surface area contributed by atoms with Crippen LogP contribution in [0.1, 0.15) is 29.8 Å². The molecule has 6 nitrogen and oxygen atoms in total. The Bertz CT molecular complexity index is 1120. The van der Waals surface area contributed by atoms with Gasteiger partial charge in [0.2, 0.25) is 11.0 Å². The highest BCUT2D eigenvalue weighted by Crippen LogP contribution is 2.29. The van der Waals surface area contributed by atoms with Crippen LogP contribution in [0.5, 0.6) is 0 Å². The number of aryl methyl sites for hydroxylation is 1. The van der Waals surface area contributed by atoms with Gasteiger partial charge in [0.25, 0.3) is 0 Å². The van der Waals surface area contributed by atoms with Crippen molar-refractivity contribution in [3.63, 3.8) is 0 Å². The molecule has 1 aromatic heterocycles. The van der Waals surface area contributed by atoms with E-state index in [-0.39, 0.29) is 5.92 Å². The number of carbonyl (C=O) groups is 1. The van der Waals surface area contributed by atoms with Gasteiger partial charge in [-0.3, -0.25) is 4.79 Å². The van der Waals surface area contributed by atoms with Crippen molar-refractivity contribution in [1.29, 1.82) is 0 Å². The minimum absolute atomic E-state index is 0.100. The number of halogens is 1. The first kappa shape index (κ1) is 23.1. The number of piperazine rings is 1. The number of hydrogen-bond donors (Lipinski definition) is 0. The van der Waals surface area contributed by atoms with Gasteiger partial charge in [0, 0.05) is 63.1 Å². The SMILES string of the molecule is Cc1ccc(Cc2nsc(N3CCC(C(=O)N4CCN(c5ccccc5Cl)CC4)CC3)n2)cc1. The molecular formula is C26H30ClN5OS. The maximum atomic E-state index is 13.2. The standard InChI is InChI=1S/C26H30ClN5OS/c1-19-6-8-20(9-7-19)18-24-28-26(34-29-24)32-12-10-21(11-13-32)25(33)31-16-14-30(15-17-31)23-5-3-2-4-22(23)27/h2-9,21H,10-18H2,1H3. The minimum atomic E-state index is 0.100. The molecule has 0 radical (unpaired) electrons. The van der Waals surface area contributed by atoms with E-state index in [2.05, 4.69) is 51.4 Å². The van der Waals surface area contributed by atoms with Crippen molar-refractivity contribution in [2.24, 2.45) is 5.92 Å².